The lowest BCUT2D eigenvalue weighted by molar-refractivity contribution is -0.140. The highest BCUT2D eigenvalue weighted by atomic mass is 32.2. The number of hydrogen-bond acceptors (Lipinski definition) is 6. The van der Waals surface area contributed by atoms with Crippen LogP contribution in [0.15, 0.2) is 72.8 Å². The quantitative estimate of drug-likeness (QED) is 0.341. The number of sulfonamides is 1. The zero-order valence-electron chi connectivity index (χ0n) is 24.0. The molecule has 1 heterocycles. The number of amides is 2. The third-order valence-electron chi connectivity index (χ3n) is 6.75. The monoisotopic (exact) mass is 597 g/mol. The first-order valence-electron chi connectivity index (χ1n) is 13.7. The van der Waals surface area contributed by atoms with Crippen LogP contribution in [-0.2, 0) is 32.6 Å². The number of ether oxygens (including phenoxy) is 2. The maximum absolute atomic E-state index is 14.9. The van der Waals surface area contributed by atoms with Crippen molar-refractivity contribution in [2.45, 2.75) is 32.9 Å². The number of benzene rings is 3. The number of nitrogens with one attached hydrogen (secondary N) is 1. The first-order chi connectivity index (χ1) is 20.0. The molecule has 0 fully saturated rings. The number of anilines is 1. The van der Waals surface area contributed by atoms with Crippen molar-refractivity contribution < 1.29 is 31.9 Å². The predicted molar refractivity (Wildman–Crippen MR) is 158 cm³/mol. The van der Waals surface area contributed by atoms with Crippen LogP contribution in [0, 0.1) is 11.7 Å². The molecular weight excluding hydrogens is 561 g/mol. The highest BCUT2D eigenvalue weighted by molar-refractivity contribution is 7.92. The first kappa shape index (κ1) is 30.8. The van der Waals surface area contributed by atoms with Crippen LogP contribution in [0.4, 0.5) is 10.1 Å². The molecule has 0 spiro atoms. The molecule has 0 saturated carbocycles. The molecule has 42 heavy (non-hydrogen) atoms. The van der Waals surface area contributed by atoms with Crippen LogP contribution in [0.5, 0.6) is 11.5 Å². The van der Waals surface area contributed by atoms with Crippen molar-refractivity contribution in [2.75, 3.05) is 36.9 Å². The molecule has 0 aliphatic carbocycles. The molecule has 0 radical (unpaired) electrons. The Bertz CT molecular complexity index is 1500. The molecule has 1 N–H and O–H groups in total. The third-order valence-corrected chi connectivity index (χ3v) is 7.89. The van der Waals surface area contributed by atoms with E-state index < -0.39 is 40.2 Å². The molecule has 0 aromatic heterocycles. The lowest BCUT2D eigenvalue weighted by atomic mass is 10.0. The minimum atomic E-state index is -3.97. The Balaban J connectivity index is 1.73. The van der Waals surface area contributed by atoms with Gasteiger partial charge in [-0.2, -0.15) is 0 Å². The van der Waals surface area contributed by atoms with E-state index in [1.165, 1.54) is 35.2 Å². The summed E-state index contributed by atoms with van der Waals surface area (Å²) in [6.45, 7) is 4.09. The molecule has 3 aromatic carbocycles. The Morgan fingerprint density at radius 1 is 0.952 bits per heavy atom. The summed E-state index contributed by atoms with van der Waals surface area (Å²) in [6, 6.07) is 18.7. The van der Waals surface area contributed by atoms with E-state index in [9.17, 15) is 22.4 Å². The average Bonchev–Trinajstić information content (AvgIpc) is 2.97. The van der Waals surface area contributed by atoms with Crippen LogP contribution in [0.1, 0.15) is 25.0 Å². The average molecular weight is 598 g/mol. The van der Waals surface area contributed by atoms with Crippen molar-refractivity contribution in [3.8, 4) is 11.5 Å². The van der Waals surface area contributed by atoms with Gasteiger partial charge in [-0.1, -0.05) is 62.4 Å². The van der Waals surface area contributed by atoms with Crippen LogP contribution < -0.4 is 19.1 Å². The van der Waals surface area contributed by atoms with E-state index >= 15 is 0 Å². The molecule has 0 unspecified atom stereocenters. The highest BCUT2D eigenvalue weighted by Crippen LogP contribution is 2.34. The highest BCUT2D eigenvalue weighted by Gasteiger charge is 2.33. The van der Waals surface area contributed by atoms with Gasteiger partial charge < -0.3 is 19.7 Å². The minimum Gasteiger partial charge on any atom is -0.486 e. The molecule has 1 atom stereocenters. The van der Waals surface area contributed by atoms with Crippen molar-refractivity contribution >= 4 is 27.5 Å². The summed E-state index contributed by atoms with van der Waals surface area (Å²) < 4.78 is 53.0. The Hall–Kier alpha value is -4.12. The summed E-state index contributed by atoms with van der Waals surface area (Å²) in [7, 11) is -3.97. The van der Waals surface area contributed by atoms with Crippen molar-refractivity contribution in [3.63, 3.8) is 0 Å². The van der Waals surface area contributed by atoms with Gasteiger partial charge in [0.1, 0.15) is 31.6 Å². The van der Waals surface area contributed by atoms with Crippen LogP contribution in [0.2, 0.25) is 0 Å². The molecule has 11 heteroatoms. The van der Waals surface area contributed by atoms with Gasteiger partial charge in [0, 0.05) is 31.1 Å². The summed E-state index contributed by atoms with van der Waals surface area (Å²) in [5.74, 6) is -0.642. The first-order valence-corrected chi connectivity index (χ1v) is 15.6. The standard InChI is InChI=1S/C31H36FN3O6S/c1-22(2)19-33-31(37)27(17-23-9-5-4-6-10-23)34(20-24-11-7-8-12-26(24)32)30(36)21-35(42(3,38)39)25-13-14-28-29(18-25)41-16-15-40-28/h4-14,18,22,27H,15-17,19-21H2,1-3H3,(H,33,37)/t27-/m0/s1. The normalized spacial score (nSPS) is 13.4. The van der Waals surface area contributed by atoms with Crippen molar-refractivity contribution in [2.24, 2.45) is 5.92 Å². The van der Waals surface area contributed by atoms with Gasteiger partial charge in [0.2, 0.25) is 21.8 Å². The summed E-state index contributed by atoms with van der Waals surface area (Å²) in [5.41, 5.74) is 1.19. The maximum Gasteiger partial charge on any atom is 0.244 e. The van der Waals surface area contributed by atoms with Crippen molar-refractivity contribution in [3.05, 3.63) is 89.7 Å². The van der Waals surface area contributed by atoms with E-state index in [2.05, 4.69) is 5.32 Å². The van der Waals surface area contributed by atoms with Gasteiger partial charge in [-0.25, -0.2) is 12.8 Å². The lowest BCUT2D eigenvalue weighted by Gasteiger charge is -2.34. The fourth-order valence-electron chi connectivity index (χ4n) is 4.59. The third kappa shape index (κ3) is 8.00. The van der Waals surface area contributed by atoms with Gasteiger partial charge >= 0.3 is 0 Å². The second kappa shape index (κ2) is 13.7. The summed E-state index contributed by atoms with van der Waals surface area (Å²) >= 11 is 0. The largest absolute Gasteiger partial charge is 0.486 e. The Labute approximate surface area is 246 Å². The fourth-order valence-corrected chi connectivity index (χ4v) is 5.43. The van der Waals surface area contributed by atoms with E-state index in [1.54, 1.807) is 12.1 Å². The summed E-state index contributed by atoms with van der Waals surface area (Å²) in [6.07, 6.45) is 1.14. The Kier molecular flexibility index (Phi) is 10.1. The van der Waals surface area contributed by atoms with Gasteiger partial charge in [0.25, 0.3) is 0 Å². The predicted octanol–water partition coefficient (Wildman–Crippen LogP) is 3.78. The number of nitrogens with zero attached hydrogens (tertiary/aromatic N) is 2. The van der Waals surface area contributed by atoms with E-state index in [1.807, 2.05) is 44.2 Å². The summed E-state index contributed by atoms with van der Waals surface area (Å²) in [5, 5.41) is 2.90. The molecule has 2 amide bonds. The number of hydrogen-bond donors (Lipinski definition) is 1. The zero-order valence-corrected chi connectivity index (χ0v) is 24.8. The van der Waals surface area contributed by atoms with E-state index in [0.29, 0.717) is 31.3 Å². The SMILES string of the molecule is CC(C)CNC(=O)[C@H](Cc1ccccc1)N(Cc1ccccc1F)C(=O)CN(c1ccc2c(c1)OCCO2)S(C)(=O)=O. The Morgan fingerprint density at radius 3 is 2.29 bits per heavy atom. The number of carbonyl (C=O) groups excluding carboxylic acids is 2. The minimum absolute atomic E-state index is 0.147. The van der Waals surface area contributed by atoms with Crippen molar-refractivity contribution in [1.29, 1.82) is 0 Å². The van der Waals surface area contributed by atoms with E-state index in [-0.39, 0.29) is 30.1 Å². The van der Waals surface area contributed by atoms with Crippen LogP contribution in [-0.4, -0.2) is 63.7 Å². The zero-order chi connectivity index (χ0) is 30.3. The second-order valence-corrected chi connectivity index (χ2v) is 12.5. The van der Waals surface area contributed by atoms with Gasteiger partial charge in [0.05, 0.1) is 11.9 Å². The number of rotatable bonds is 12. The number of fused-ring (bicyclic) bond motifs is 1. The molecule has 4 rings (SSSR count). The second-order valence-electron chi connectivity index (χ2n) is 10.6. The van der Waals surface area contributed by atoms with E-state index in [0.717, 1.165) is 16.1 Å². The molecular formula is C31H36FN3O6S. The molecule has 1 aliphatic heterocycles. The van der Waals surface area contributed by atoms with E-state index in [4.69, 9.17) is 9.47 Å². The van der Waals surface area contributed by atoms with Gasteiger partial charge in [-0.05, 0) is 29.7 Å². The topological polar surface area (TPSA) is 105 Å². The molecule has 3 aromatic rings. The number of carbonyl (C=O) groups is 2. The smallest absolute Gasteiger partial charge is 0.244 e. The lowest BCUT2D eigenvalue weighted by Crippen LogP contribution is -2.53. The summed E-state index contributed by atoms with van der Waals surface area (Å²) in [4.78, 5) is 29.0. The number of halogens is 1. The van der Waals surface area contributed by atoms with Crippen LogP contribution in [0.25, 0.3) is 0 Å². The fraction of sp³-hybridized carbons (Fsp3) is 0.355. The maximum atomic E-state index is 14.9. The van der Waals surface area contributed by atoms with Crippen LogP contribution >= 0.6 is 0 Å². The van der Waals surface area contributed by atoms with Gasteiger partial charge in [0.15, 0.2) is 11.5 Å². The molecule has 1 aliphatic rings. The van der Waals surface area contributed by atoms with Gasteiger partial charge in [-0.15, -0.1) is 0 Å². The van der Waals surface area contributed by atoms with Crippen molar-refractivity contribution in [1.82, 2.24) is 10.2 Å². The van der Waals surface area contributed by atoms with Gasteiger partial charge in [-0.3, -0.25) is 13.9 Å². The molecule has 224 valence electrons. The molecule has 0 bridgehead atoms. The van der Waals surface area contributed by atoms with Crippen LogP contribution in [0.3, 0.4) is 0 Å². The Morgan fingerprint density at radius 2 is 1.62 bits per heavy atom. The molecule has 0 saturated heterocycles. The molecule has 9 nitrogen and oxygen atoms in total.